The molecule has 0 spiro atoms. The molecule has 0 amide bonds. The number of benzene rings is 3. The van der Waals surface area contributed by atoms with Gasteiger partial charge in [-0.25, -0.2) is 0 Å². The molecule has 1 heteroatoms. The Hall–Kier alpha value is -2.38. The predicted molar refractivity (Wildman–Crippen MR) is 109 cm³/mol. The summed E-state index contributed by atoms with van der Waals surface area (Å²) >= 11 is 0. The summed E-state index contributed by atoms with van der Waals surface area (Å²) in [6.45, 7) is 1.03. The lowest BCUT2D eigenvalue weighted by Gasteiger charge is -2.22. The lowest BCUT2D eigenvalue weighted by molar-refractivity contribution is 0.467. The first-order chi connectivity index (χ1) is 12.9. The van der Waals surface area contributed by atoms with Gasteiger partial charge in [-0.1, -0.05) is 91.0 Å². The molecule has 1 unspecified atom stereocenters. The molecule has 1 fully saturated rings. The summed E-state index contributed by atoms with van der Waals surface area (Å²) in [6, 6.07) is 33.3. The van der Waals surface area contributed by atoms with Gasteiger partial charge in [0.2, 0.25) is 0 Å². The van der Waals surface area contributed by atoms with Crippen molar-refractivity contribution in [1.82, 2.24) is 5.32 Å². The van der Waals surface area contributed by atoms with Crippen molar-refractivity contribution >= 4 is 0 Å². The van der Waals surface area contributed by atoms with E-state index in [1.807, 2.05) is 0 Å². The van der Waals surface area contributed by atoms with Gasteiger partial charge in [-0.05, 0) is 48.4 Å². The van der Waals surface area contributed by atoms with Crippen LogP contribution in [0.1, 0.15) is 47.9 Å². The van der Waals surface area contributed by atoms with Crippen molar-refractivity contribution in [3.63, 3.8) is 0 Å². The van der Waals surface area contributed by atoms with Crippen LogP contribution < -0.4 is 5.32 Å². The van der Waals surface area contributed by atoms with E-state index < -0.39 is 0 Å². The van der Waals surface area contributed by atoms with Crippen LogP contribution in [0.4, 0.5) is 0 Å². The van der Waals surface area contributed by atoms with Crippen molar-refractivity contribution in [2.45, 2.75) is 31.2 Å². The quantitative estimate of drug-likeness (QED) is 0.534. The van der Waals surface area contributed by atoms with E-state index >= 15 is 0 Å². The van der Waals surface area contributed by atoms with Crippen molar-refractivity contribution in [3.8, 4) is 0 Å². The Bertz CT molecular complexity index is 739. The second-order valence-electron chi connectivity index (χ2n) is 7.34. The van der Waals surface area contributed by atoms with Crippen LogP contribution >= 0.6 is 0 Å². The van der Waals surface area contributed by atoms with Gasteiger partial charge in [-0.3, -0.25) is 0 Å². The summed E-state index contributed by atoms with van der Waals surface area (Å²) in [5.74, 6) is 1.25. The van der Waals surface area contributed by atoms with Gasteiger partial charge in [-0.2, -0.15) is 0 Å². The van der Waals surface area contributed by atoms with Crippen LogP contribution in [-0.4, -0.2) is 6.54 Å². The average Bonchev–Trinajstić information content (AvgIpc) is 3.55. The van der Waals surface area contributed by atoms with E-state index in [0.717, 1.165) is 18.9 Å². The zero-order valence-corrected chi connectivity index (χ0v) is 15.2. The first-order valence-corrected chi connectivity index (χ1v) is 9.80. The molecule has 1 aliphatic carbocycles. The molecule has 0 aliphatic heterocycles. The molecule has 1 N–H and O–H groups in total. The summed E-state index contributed by atoms with van der Waals surface area (Å²) in [5, 5.41) is 3.87. The molecule has 3 aromatic rings. The van der Waals surface area contributed by atoms with E-state index in [1.54, 1.807) is 0 Å². The molecule has 0 saturated heterocycles. The van der Waals surface area contributed by atoms with Crippen molar-refractivity contribution < 1.29 is 0 Å². The normalized spacial score (nSPS) is 15.1. The van der Waals surface area contributed by atoms with Crippen LogP contribution in [0.5, 0.6) is 0 Å². The van der Waals surface area contributed by atoms with Gasteiger partial charge >= 0.3 is 0 Å². The molecule has 4 rings (SSSR count). The second-order valence-corrected chi connectivity index (χ2v) is 7.34. The van der Waals surface area contributed by atoms with Gasteiger partial charge in [-0.15, -0.1) is 0 Å². The lowest BCUT2D eigenvalue weighted by atomic mass is 9.88. The highest BCUT2D eigenvalue weighted by molar-refractivity contribution is 5.32. The number of hydrogen-bond acceptors (Lipinski definition) is 1. The van der Waals surface area contributed by atoms with Crippen molar-refractivity contribution in [2.75, 3.05) is 6.54 Å². The Kier molecular flexibility index (Phi) is 5.47. The first kappa shape index (κ1) is 17.1. The minimum Gasteiger partial charge on any atom is -0.310 e. The lowest BCUT2D eigenvalue weighted by Crippen LogP contribution is -2.25. The first-order valence-electron chi connectivity index (χ1n) is 9.80. The molecule has 1 aliphatic rings. The van der Waals surface area contributed by atoms with Crippen LogP contribution in [0, 0.1) is 5.92 Å². The van der Waals surface area contributed by atoms with Gasteiger partial charge in [0.1, 0.15) is 0 Å². The summed E-state index contributed by atoms with van der Waals surface area (Å²) < 4.78 is 0. The third-order valence-corrected chi connectivity index (χ3v) is 5.45. The molecule has 0 bridgehead atoms. The van der Waals surface area contributed by atoms with Crippen molar-refractivity contribution in [2.24, 2.45) is 5.92 Å². The topological polar surface area (TPSA) is 12.0 Å². The number of hydrogen-bond donors (Lipinski definition) is 1. The fraction of sp³-hybridized carbons (Fsp3) is 0.280. The fourth-order valence-electron chi connectivity index (χ4n) is 3.93. The maximum Gasteiger partial charge on any atom is 0.0348 e. The average molecular weight is 341 g/mol. The van der Waals surface area contributed by atoms with E-state index in [9.17, 15) is 0 Å². The second kappa shape index (κ2) is 8.33. The summed E-state index contributed by atoms with van der Waals surface area (Å²) in [4.78, 5) is 0. The smallest absolute Gasteiger partial charge is 0.0348 e. The van der Waals surface area contributed by atoms with Gasteiger partial charge in [0.15, 0.2) is 0 Å². The third-order valence-electron chi connectivity index (χ3n) is 5.45. The Balaban J connectivity index is 1.46. The van der Waals surface area contributed by atoms with Crippen LogP contribution in [0.3, 0.4) is 0 Å². The monoisotopic (exact) mass is 341 g/mol. The summed E-state index contributed by atoms with van der Waals surface area (Å²) in [6.07, 6.45) is 3.82. The Morgan fingerprint density at radius 1 is 0.654 bits per heavy atom. The van der Waals surface area contributed by atoms with Crippen LogP contribution in [0.25, 0.3) is 0 Å². The van der Waals surface area contributed by atoms with E-state index in [1.165, 1.54) is 29.5 Å². The Morgan fingerprint density at radius 3 is 1.58 bits per heavy atom. The van der Waals surface area contributed by atoms with E-state index in [-0.39, 0.29) is 0 Å². The van der Waals surface area contributed by atoms with E-state index in [4.69, 9.17) is 0 Å². The van der Waals surface area contributed by atoms with E-state index in [2.05, 4.69) is 96.3 Å². The zero-order valence-electron chi connectivity index (χ0n) is 15.2. The highest BCUT2D eigenvalue weighted by atomic mass is 14.9. The Morgan fingerprint density at radius 2 is 1.12 bits per heavy atom. The maximum atomic E-state index is 3.87. The molecule has 132 valence electrons. The van der Waals surface area contributed by atoms with Gasteiger partial charge < -0.3 is 5.32 Å². The Labute approximate surface area is 157 Å². The van der Waals surface area contributed by atoms with Crippen LogP contribution in [0.15, 0.2) is 91.0 Å². The van der Waals surface area contributed by atoms with Crippen LogP contribution in [-0.2, 0) is 0 Å². The van der Waals surface area contributed by atoms with Gasteiger partial charge in [0.05, 0.1) is 0 Å². The largest absolute Gasteiger partial charge is 0.310 e. The third kappa shape index (κ3) is 4.23. The summed E-state index contributed by atoms with van der Waals surface area (Å²) in [7, 11) is 0. The highest BCUT2D eigenvalue weighted by Crippen LogP contribution is 2.41. The molecular formula is C25H27N. The molecular weight excluding hydrogens is 314 g/mol. The maximum absolute atomic E-state index is 3.87. The van der Waals surface area contributed by atoms with Crippen molar-refractivity contribution in [1.29, 1.82) is 0 Å². The van der Waals surface area contributed by atoms with Crippen LogP contribution in [0.2, 0.25) is 0 Å². The van der Waals surface area contributed by atoms with E-state index in [0.29, 0.717) is 12.0 Å². The molecule has 1 saturated carbocycles. The molecule has 3 aromatic carbocycles. The standard InChI is InChI=1S/C25H27N/c1-4-10-20(11-5-1)24(21-12-6-2-7-13-21)18-19-26-25(23-16-17-23)22-14-8-3-9-15-22/h1-15,23-26H,16-19H2. The van der Waals surface area contributed by atoms with Crippen molar-refractivity contribution in [3.05, 3.63) is 108 Å². The highest BCUT2D eigenvalue weighted by Gasteiger charge is 2.31. The van der Waals surface area contributed by atoms with Gasteiger partial charge in [0, 0.05) is 12.0 Å². The minimum atomic E-state index is 0.445. The predicted octanol–water partition coefficient (Wildman–Crippen LogP) is 5.95. The summed E-state index contributed by atoms with van der Waals surface area (Å²) in [5.41, 5.74) is 4.25. The number of nitrogens with one attached hydrogen (secondary N) is 1. The van der Waals surface area contributed by atoms with Gasteiger partial charge in [0.25, 0.3) is 0 Å². The fourth-order valence-corrected chi connectivity index (χ4v) is 3.93. The molecule has 0 heterocycles. The molecule has 1 atom stereocenters. The SMILES string of the molecule is c1ccc(C(CCNC(c2ccccc2)C2CC2)c2ccccc2)cc1. The molecule has 0 aromatic heterocycles. The number of rotatable bonds is 8. The molecule has 0 radical (unpaired) electrons. The minimum absolute atomic E-state index is 0.445. The molecule has 26 heavy (non-hydrogen) atoms. The molecule has 1 nitrogen and oxygen atoms in total. The zero-order chi connectivity index (χ0) is 17.6.